The van der Waals surface area contributed by atoms with Gasteiger partial charge in [0.05, 0.1) is 0 Å². The van der Waals surface area contributed by atoms with Crippen LogP contribution >= 0.6 is 0 Å². The van der Waals surface area contributed by atoms with Crippen LogP contribution in [0.5, 0.6) is 0 Å². The highest BCUT2D eigenvalue weighted by Crippen LogP contribution is 2.22. The van der Waals surface area contributed by atoms with Crippen molar-refractivity contribution >= 4 is 0 Å². The van der Waals surface area contributed by atoms with Gasteiger partial charge in [-0.1, -0.05) is 33.1 Å². The molecule has 0 aromatic rings. The molecule has 0 saturated carbocycles. The van der Waals surface area contributed by atoms with Gasteiger partial charge in [-0.3, -0.25) is 0 Å². The highest BCUT2D eigenvalue weighted by Gasteiger charge is 2.17. The Hall–Kier alpha value is -0.0800. The molecule has 1 atom stereocenters. The summed E-state index contributed by atoms with van der Waals surface area (Å²) in [6, 6.07) is 0.806. The molecule has 2 N–H and O–H groups in total. The first kappa shape index (κ1) is 15.0. The molecule has 2 heteroatoms. The van der Waals surface area contributed by atoms with Gasteiger partial charge in [0.2, 0.25) is 0 Å². The minimum atomic E-state index is 0.338. The van der Waals surface area contributed by atoms with E-state index in [2.05, 4.69) is 25.7 Å². The average molecular weight is 240 g/mol. The molecular weight excluding hydrogens is 208 g/mol. The van der Waals surface area contributed by atoms with Gasteiger partial charge in [-0.25, -0.2) is 0 Å². The van der Waals surface area contributed by atoms with Crippen LogP contribution in [0.2, 0.25) is 0 Å². The van der Waals surface area contributed by atoms with Gasteiger partial charge in [0.15, 0.2) is 0 Å². The van der Waals surface area contributed by atoms with Gasteiger partial charge in [0.1, 0.15) is 0 Å². The van der Waals surface area contributed by atoms with E-state index < -0.39 is 0 Å². The topological polar surface area (TPSA) is 29.3 Å². The van der Waals surface area contributed by atoms with E-state index in [0.717, 1.165) is 12.6 Å². The largest absolute Gasteiger partial charge is 0.330 e. The molecule has 1 rings (SSSR count). The van der Waals surface area contributed by atoms with E-state index in [9.17, 15) is 0 Å². The summed E-state index contributed by atoms with van der Waals surface area (Å²) in [5.41, 5.74) is 6.10. The van der Waals surface area contributed by atoms with Gasteiger partial charge < -0.3 is 10.6 Å². The molecule has 0 aromatic heterocycles. The second kappa shape index (κ2) is 7.38. The molecule has 2 nitrogen and oxygen atoms in total. The molecular formula is C15H32N2. The third-order valence-corrected chi connectivity index (χ3v) is 4.29. The standard InChI is InChI=1S/C15H32N2/c1-14-9-5-4-7-11-17(14)12-8-6-10-15(2,3)13-16/h14H,4-13,16H2,1-3H3. The Morgan fingerprint density at radius 2 is 1.94 bits per heavy atom. The van der Waals surface area contributed by atoms with Crippen LogP contribution in [0.15, 0.2) is 0 Å². The number of rotatable bonds is 6. The Morgan fingerprint density at radius 1 is 1.18 bits per heavy atom. The maximum atomic E-state index is 5.76. The van der Waals surface area contributed by atoms with Gasteiger partial charge in [-0.05, 0) is 57.7 Å². The van der Waals surface area contributed by atoms with Crippen LogP contribution in [0.4, 0.5) is 0 Å². The van der Waals surface area contributed by atoms with Crippen LogP contribution in [0.3, 0.4) is 0 Å². The van der Waals surface area contributed by atoms with Crippen LogP contribution in [0.1, 0.15) is 65.7 Å². The fourth-order valence-electron chi connectivity index (χ4n) is 2.69. The highest BCUT2D eigenvalue weighted by molar-refractivity contribution is 4.73. The Bertz CT molecular complexity index is 201. The van der Waals surface area contributed by atoms with Gasteiger partial charge in [-0.2, -0.15) is 0 Å². The monoisotopic (exact) mass is 240 g/mol. The van der Waals surface area contributed by atoms with Crippen molar-refractivity contribution in [2.75, 3.05) is 19.6 Å². The summed E-state index contributed by atoms with van der Waals surface area (Å²) in [4.78, 5) is 2.70. The van der Waals surface area contributed by atoms with Gasteiger partial charge in [0, 0.05) is 6.04 Å². The molecule has 0 amide bonds. The van der Waals surface area contributed by atoms with Gasteiger partial charge in [0.25, 0.3) is 0 Å². The number of hydrogen-bond acceptors (Lipinski definition) is 2. The third-order valence-electron chi connectivity index (χ3n) is 4.29. The molecule has 17 heavy (non-hydrogen) atoms. The molecule has 0 aliphatic carbocycles. The first-order valence-electron chi connectivity index (χ1n) is 7.49. The smallest absolute Gasteiger partial charge is 0.00669 e. The predicted octanol–water partition coefficient (Wildman–Crippen LogP) is 3.41. The lowest BCUT2D eigenvalue weighted by molar-refractivity contribution is 0.204. The van der Waals surface area contributed by atoms with Crippen LogP contribution in [-0.2, 0) is 0 Å². The summed E-state index contributed by atoms with van der Waals surface area (Å²) in [5, 5.41) is 0. The maximum absolute atomic E-state index is 5.76. The summed E-state index contributed by atoms with van der Waals surface area (Å²) < 4.78 is 0. The first-order chi connectivity index (χ1) is 8.05. The minimum Gasteiger partial charge on any atom is -0.330 e. The highest BCUT2D eigenvalue weighted by atomic mass is 15.1. The Labute approximate surface area is 108 Å². The summed E-state index contributed by atoms with van der Waals surface area (Å²) in [7, 11) is 0. The fourth-order valence-corrected chi connectivity index (χ4v) is 2.69. The number of likely N-dealkylation sites (tertiary alicyclic amines) is 1. The molecule has 0 aromatic carbocycles. The van der Waals surface area contributed by atoms with Crippen LogP contribution in [0, 0.1) is 5.41 Å². The lowest BCUT2D eigenvalue weighted by atomic mass is 9.87. The average Bonchev–Trinajstić information content (AvgIpc) is 2.50. The summed E-state index contributed by atoms with van der Waals surface area (Å²) in [5.74, 6) is 0. The number of hydrogen-bond donors (Lipinski definition) is 1. The molecule has 1 fully saturated rings. The van der Waals surface area contributed by atoms with E-state index in [1.54, 1.807) is 0 Å². The van der Waals surface area contributed by atoms with Crippen molar-refractivity contribution in [3.05, 3.63) is 0 Å². The molecule has 1 saturated heterocycles. The van der Waals surface area contributed by atoms with E-state index in [0.29, 0.717) is 5.41 Å². The van der Waals surface area contributed by atoms with Crippen molar-refractivity contribution in [2.24, 2.45) is 11.1 Å². The summed E-state index contributed by atoms with van der Waals surface area (Å²) in [6.07, 6.45) is 9.60. The Kier molecular flexibility index (Phi) is 6.50. The van der Waals surface area contributed by atoms with Crippen molar-refractivity contribution in [1.82, 2.24) is 4.90 Å². The van der Waals surface area contributed by atoms with Crippen molar-refractivity contribution in [3.8, 4) is 0 Å². The molecule has 1 unspecified atom stereocenters. The molecule has 1 aliphatic rings. The first-order valence-corrected chi connectivity index (χ1v) is 7.49. The zero-order valence-corrected chi connectivity index (χ0v) is 12.2. The van der Waals surface area contributed by atoms with Crippen LogP contribution < -0.4 is 5.73 Å². The van der Waals surface area contributed by atoms with Gasteiger partial charge >= 0.3 is 0 Å². The lowest BCUT2D eigenvalue weighted by Crippen LogP contribution is -2.33. The fraction of sp³-hybridized carbons (Fsp3) is 1.00. The van der Waals surface area contributed by atoms with E-state index in [1.165, 1.54) is 58.0 Å². The van der Waals surface area contributed by atoms with Crippen molar-refractivity contribution in [2.45, 2.75) is 71.8 Å². The second-order valence-electron chi connectivity index (χ2n) is 6.56. The van der Waals surface area contributed by atoms with E-state index in [-0.39, 0.29) is 0 Å². The molecule has 0 radical (unpaired) electrons. The maximum Gasteiger partial charge on any atom is 0.00669 e. The van der Waals surface area contributed by atoms with Crippen LogP contribution in [0.25, 0.3) is 0 Å². The Morgan fingerprint density at radius 3 is 2.65 bits per heavy atom. The van der Waals surface area contributed by atoms with Gasteiger partial charge in [-0.15, -0.1) is 0 Å². The molecule has 102 valence electrons. The zero-order valence-electron chi connectivity index (χ0n) is 12.2. The molecule has 0 bridgehead atoms. The zero-order chi connectivity index (χ0) is 12.7. The second-order valence-corrected chi connectivity index (χ2v) is 6.56. The molecule has 0 spiro atoms. The lowest BCUT2D eigenvalue weighted by Gasteiger charge is -2.28. The predicted molar refractivity (Wildman–Crippen MR) is 76.2 cm³/mol. The normalized spacial score (nSPS) is 23.6. The number of nitrogens with two attached hydrogens (primary N) is 1. The molecule has 1 heterocycles. The van der Waals surface area contributed by atoms with E-state index in [4.69, 9.17) is 5.73 Å². The van der Waals surface area contributed by atoms with Crippen molar-refractivity contribution in [1.29, 1.82) is 0 Å². The quantitative estimate of drug-likeness (QED) is 0.721. The number of unbranched alkanes of at least 4 members (excludes halogenated alkanes) is 1. The minimum absolute atomic E-state index is 0.338. The third kappa shape index (κ3) is 5.87. The van der Waals surface area contributed by atoms with E-state index in [1.807, 2.05) is 0 Å². The number of nitrogens with zero attached hydrogens (tertiary/aromatic N) is 1. The summed E-state index contributed by atoms with van der Waals surface area (Å²) in [6.45, 7) is 10.4. The Balaban J connectivity index is 2.16. The van der Waals surface area contributed by atoms with Crippen molar-refractivity contribution < 1.29 is 0 Å². The summed E-state index contributed by atoms with van der Waals surface area (Å²) >= 11 is 0. The van der Waals surface area contributed by atoms with Crippen molar-refractivity contribution in [3.63, 3.8) is 0 Å². The van der Waals surface area contributed by atoms with Crippen LogP contribution in [-0.4, -0.2) is 30.6 Å². The SMILES string of the molecule is CC1CCCCCN1CCCCC(C)(C)CN. The molecule has 1 aliphatic heterocycles. The van der Waals surface area contributed by atoms with E-state index >= 15 is 0 Å².